The predicted octanol–water partition coefficient (Wildman–Crippen LogP) is 3.99. The Morgan fingerprint density at radius 1 is 0.945 bits per heavy atom. The predicted molar refractivity (Wildman–Crippen MR) is 208 cm³/mol. The lowest BCUT2D eigenvalue weighted by atomic mass is 9.79. The van der Waals surface area contributed by atoms with E-state index in [1.165, 1.54) is 0 Å². The summed E-state index contributed by atoms with van der Waals surface area (Å²) in [5.74, 6) is -2.65. The number of ketones is 1. The summed E-state index contributed by atoms with van der Waals surface area (Å²) < 4.78 is 26.6. The molecule has 0 aromatic heterocycles. The Morgan fingerprint density at radius 3 is 2.11 bits per heavy atom. The zero-order valence-electron chi connectivity index (χ0n) is 33.6. The first-order chi connectivity index (χ1) is 25.8. The maximum absolute atomic E-state index is 15.1. The van der Waals surface area contributed by atoms with Crippen LogP contribution in [0.1, 0.15) is 117 Å². The highest BCUT2D eigenvalue weighted by molar-refractivity contribution is 7.93. The number of benzene rings is 1. The molecule has 4 N–H and O–H groups in total. The summed E-state index contributed by atoms with van der Waals surface area (Å²) >= 11 is 0. The zero-order chi connectivity index (χ0) is 39.9. The van der Waals surface area contributed by atoms with Gasteiger partial charge in [0.2, 0.25) is 17.6 Å². The van der Waals surface area contributed by atoms with Crippen molar-refractivity contribution >= 4 is 39.4 Å². The summed E-state index contributed by atoms with van der Waals surface area (Å²) in [6.07, 6.45) is 7.30. The fourth-order valence-electron chi connectivity index (χ4n) is 10.5. The van der Waals surface area contributed by atoms with E-state index < -0.39 is 66.6 Å². The van der Waals surface area contributed by atoms with E-state index in [4.69, 9.17) is 0 Å². The number of hydrogen-bond donors (Lipinski definition) is 4. The van der Waals surface area contributed by atoms with Gasteiger partial charge < -0.3 is 26.2 Å². The Kier molecular flexibility index (Phi) is 10.0. The molecule has 302 valence electrons. The maximum atomic E-state index is 15.1. The molecule has 13 heteroatoms. The first-order valence-electron chi connectivity index (χ1n) is 20.6. The molecule has 1 aliphatic heterocycles. The SMILES string of the molecule is CCC1CC1(NC(=O)[C@@H]1[C@@H]2[C@H](CN1C(=O)[C@H](NC(=O)NC1([C@@H](C)S(=O)(=O)C(C)(C)C)CCCCC1)C1Cc3ccccc3C1)C2(C)C)C(=O)C(=O)NC1CC1. The molecule has 7 atom stereocenters. The van der Waals surface area contributed by atoms with Gasteiger partial charge in [-0.2, -0.15) is 0 Å². The topological polar surface area (TPSA) is 171 Å². The van der Waals surface area contributed by atoms with Gasteiger partial charge in [0, 0.05) is 12.6 Å². The van der Waals surface area contributed by atoms with Crippen LogP contribution >= 0.6 is 0 Å². The summed E-state index contributed by atoms with van der Waals surface area (Å²) in [7, 11) is -3.66. The number of carbonyl (C=O) groups excluding carboxylic acids is 5. The average molecular weight is 780 g/mol. The number of sulfone groups is 1. The summed E-state index contributed by atoms with van der Waals surface area (Å²) in [5.41, 5.74) is -0.302. The fraction of sp³-hybridized carbons (Fsp3) is 0.738. The smallest absolute Gasteiger partial charge is 0.315 e. The highest BCUT2D eigenvalue weighted by Crippen LogP contribution is 2.65. The highest BCUT2D eigenvalue weighted by atomic mass is 32.2. The van der Waals surface area contributed by atoms with Gasteiger partial charge in [0.1, 0.15) is 17.6 Å². The second kappa shape index (κ2) is 13.9. The van der Waals surface area contributed by atoms with Crippen molar-refractivity contribution in [3.05, 3.63) is 35.4 Å². The van der Waals surface area contributed by atoms with Crippen molar-refractivity contribution in [3.63, 3.8) is 0 Å². The van der Waals surface area contributed by atoms with E-state index in [9.17, 15) is 27.6 Å². The number of nitrogens with zero attached hydrogens (tertiary/aromatic N) is 1. The van der Waals surface area contributed by atoms with Gasteiger partial charge in [0.05, 0.1) is 15.5 Å². The van der Waals surface area contributed by atoms with Gasteiger partial charge in [-0.05, 0) is 113 Å². The summed E-state index contributed by atoms with van der Waals surface area (Å²) in [4.78, 5) is 72.1. The van der Waals surface area contributed by atoms with E-state index in [1.54, 1.807) is 32.6 Å². The van der Waals surface area contributed by atoms with Crippen LogP contribution in [0.3, 0.4) is 0 Å². The molecule has 5 amide bonds. The van der Waals surface area contributed by atoms with Crippen molar-refractivity contribution in [2.45, 2.75) is 158 Å². The minimum absolute atomic E-state index is 0.00134. The summed E-state index contributed by atoms with van der Waals surface area (Å²) in [6.45, 7) is 13.2. The van der Waals surface area contributed by atoms with Crippen molar-refractivity contribution in [1.82, 2.24) is 26.2 Å². The number of rotatable bonds is 12. The minimum atomic E-state index is -3.66. The van der Waals surface area contributed by atoms with Gasteiger partial charge in [-0.15, -0.1) is 0 Å². The maximum Gasteiger partial charge on any atom is 0.315 e. The van der Waals surface area contributed by atoms with Gasteiger partial charge in [-0.3, -0.25) is 19.2 Å². The molecule has 0 spiro atoms. The zero-order valence-corrected chi connectivity index (χ0v) is 34.4. The number of hydrogen-bond acceptors (Lipinski definition) is 7. The molecule has 1 heterocycles. The Balaban J connectivity index is 1.16. The van der Waals surface area contributed by atoms with Crippen molar-refractivity contribution in [2.24, 2.45) is 29.1 Å². The van der Waals surface area contributed by atoms with Gasteiger partial charge in [0.15, 0.2) is 9.84 Å². The van der Waals surface area contributed by atoms with Crippen LogP contribution in [0.2, 0.25) is 0 Å². The van der Waals surface area contributed by atoms with Crippen LogP contribution in [0.15, 0.2) is 24.3 Å². The van der Waals surface area contributed by atoms with Crippen molar-refractivity contribution in [3.8, 4) is 0 Å². The summed E-state index contributed by atoms with van der Waals surface area (Å²) in [6, 6.07) is 5.53. The van der Waals surface area contributed by atoms with E-state index in [0.717, 1.165) is 43.2 Å². The van der Waals surface area contributed by atoms with Crippen LogP contribution in [-0.4, -0.2) is 88.6 Å². The lowest BCUT2D eigenvalue weighted by Gasteiger charge is -2.44. The van der Waals surface area contributed by atoms with Crippen molar-refractivity contribution in [2.75, 3.05) is 6.54 Å². The Morgan fingerprint density at radius 2 is 1.56 bits per heavy atom. The van der Waals surface area contributed by atoms with Crippen LogP contribution in [0, 0.1) is 29.1 Å². The molecule has 55 heavy (non-hydrogen) atoms. The molecule has 0 bridgehead atoms. The van der Waals surface area contributed by atoms with Crippen LogP contribution in [0.4, 0.5) is 4.79 Å². The third-order valence-electron chi connectivity index (χ3n) is 14.5. The number of urea groups is 1. The minimum Gasteiger partial charge on any atom is -0.347 e. The first kappa shape index (κ1) is 39.7. The monoisotopic (exact) mass is 779 g/mol. The molecule has 12 nitrogen and oxygen atoms in total. The normalized spacial score (nSPS) is 30.3. The quantitative estimate of drug-likeness (QED) is 0.233. The lowest BCUT2D eigenvalue weighted by molar-refractivity contribution is -0.145. The van der Waals surface area contributed by atoms with Crippen LogP contribution in [0.5, 0.6) is 0 Å². The third-order valence-corrected chi connectivity index (χ3v) is 17.6. The molecule has 0 radical (unpaired) electrons. The van der Waals surface area contributed by atoms with Gasteiger partial charge >= 0.3 is 6.03 Å². The second-order valence-corrected chi connectivity index (χ2v) is 22.3. The van der Waals surface area contributed by atoms with Gasteiger partial charge in [-0.25, -0.2) is 13.2 Å². The van der Waals surface area contributed by atoms with Crippen LogP contribution < -0.4 is 21.3 Å². The molecule has 2 unspecified atom stereocenters. The molecule has 4 saturated carbocycles. The number of piperidine rings is 1. The second-order valence-electron chi connectivity index (χ2n) is 19.3. The van der Waals surface area contributed by atoms with Crippen LogP contribution in [-0.2, 0) is 41.9 Å². The third kappa shape index (κ3) is 6.98. The lowest BCUT2D eigenvalue weighted by Crippen LogP contribution is -2.65. The molecule has 7 rings (SSSR count). The molecular formula is C42H61N5O7S. The van der Waals surface area contributed by atoms with E-state index >= 15 is 4.79 Å². The van der Waals surface area contributed by atoms with Gasteiger partial charge in [-0.1, -0.05) is 70.7 Å². The molecule has 6 aliphatic rings. The largest absolute Gasteiger partial charge is 0.347 e. The van der Waals surface area contributed by atoms with E-state index in [1.807, 2.05) is 31.2 Å². The molecular weight excluding hydrogens is 719 g/mol. The Labute approximate surface area is 326 Å². The molecule has 1 aromatic carbocycles. The summed E-state index contributed by atoms with van der Waals surface area (Å²) in [5, 5.41) is 11.1. The highest BCUT2D eigenvalue weighted by Gasteiger charge is 2.71. The number of amides is 5. The average Bonchev–Trinajstić information content (AvgIpc) is 4.06. The molecule has 5 aliphatic carbocycles. The van der Waals surface area contributed by atoms with Crippen LogP contribution in [0.25, 0.3) is 0 Å². The number of carbonyl (C=O) groups is 5. The van der Waals surface area contributed by atoms with Gasteiger partial charge in [0.25, 0.3) is 5.91 Å². The molecule has 5 fully saturated rings. The van der Waals surface area contributed by atoms with E-state index in [0.29, 0.717) is 45.1 Å². The van der Waals surface area contributed by atoms with Crippen molar-refractivity contribution < 1.29 is 32.4 Å². The Hall–Kier alpha value is -3.48. The Bertz CT molecular complexity index is 1840. The molecule has 1 saturated heterocycles. The van der Waals surface area contributed by atoms with Crippen molar-refractivity contribution in [1.29, 1.82) is 0 Å². The standard InChI is InChI=1S/C42H61N5O7S/c1-8-28-22-42(28,34(48)36(50)43-29-16-17-29)45-35(49)33-31-30(40(31,6)7)23-47(33)37(51)32(27-20-25-14-10-11-15-26(25)21-27)44-38(52)46-41(18-12-9-13-19-41)24(2)55(53,54)39(3,4)5/h10-11,14-15,24,27-33H,8-9,12-13,16-23H2,1-7H3,(H,43,50)(H,45,49)(H2,44,46,52)/t24-,28?,30+,31+,32-,33+,42?/m1/s1. The number of likely N-dealkylation sites (tertiary alicyclic amines) is 1. The number of Topliss-reactive ketones (excluding diaryl/α,β-unsaturated/α-hetero) is 1. The number of nitrogens with one attached hydrogen (secondary N) is 4. The van der Waals surface area contributed by atoms with E-state index in [-0.39, 0.29) is 41.0 Å². The molecule has 1 aromatic rings. The first-order valence-corrected chi connectivity index (χ1v) is 22.2. The fourth-order valence-corrected chi connectivity index (χ4v) is 12.5. The van der Waals surface area contributed by atoms with E-state index in [2.05, 4.69) is 35.1 Å². The number of fused-ring (bicyclic) bond motifs is 2.